The van der Waals surface area contributed by atoms with E-state index in [9.17, 15) is 29.4 Å². The number of H-pyrrole nitrogens is 1. The van der Waals surface area contributed by atoms with Crippen molar-refractivity contribution in [1.82, 2.24) is 25.9 Å². The van der Waals surface area contributed by atoms with Gasteiger partial charge in [-0.15, -0.1) is 0 Å². The second-order valence-corrected chi connectivity index (χ2v) is 7.66. The Morgan fingerprint density at radius 2 is 1.75 bits per heavy atom. The number of nitrogens with one attached hydrogen (secondary N) is 4. The zero-order valence-corrected chi connectivity index (χ0v) is 17.8. The average Bonchev–Trinajstić information content (AvgIpc) is 3.24. The van der Waals surface area contributed by atoms with Crippen LogP contribution in [0.4, 0.5) is 0 Å². The molecule has 3 amide bonds. The molecular weight excluding hydrogens is 418 g/mol. The Labute approximate surface area is 184 Å². The topological polar surface area (TPSA) is 174 Å². The maximum atomic E-state index is 12.8. The molecule has 6 N–H and O–H groups in total. The Morgan fingerprint density at radius 1 is 1.06 bits per heavy atom. The van der Waals surface area contributed by atoms with E-state index in [4.69, 9.17) is 0 Å². The lowest BCUT2D eigenvalue weighted by atomic mass is 10.0. The van der Waals surface area contributed by atoms with Gasteiger partial charge in [-0.1, -0.05) is 13.8 Å². The predicted molar refractivity (Wildman–Crippen MR) is 114 cm³/mol. The third-order valence-electron chi connectivity index (χ3n) is 4.49. The van der Waals surface area contributed by atoms with E-state index >= 15 is 0 Å². The third kappa shape index (κ3) is 7.74. The highest BCUT2D eigenvalue weighted by atomic mass is 16.4. The van der Waals surface area contributed by atoms with Gasteiger partial charge in [0, 0.05) is 23.9 Å². The van der Waals surface area contributed by atoms with Crippen LogP contribution in [0.2, 0.25) is 0 Å². The van der Waals surface area contributed by atoms with Gasteiger partial charge in [-0.25, -0.2) is 9.78 Å². The molecule has 0 aliphatic carbocycles. The normalized spacial score (nSPS) is 12.6. The van der Waals surface area contributed by atoms with Crippen molar-refractivity contribution in [2.45, 2.75) is 38.8 Å². The van der Waals surface area contributed by atoms with E-state index in [0.717, 1.165) is 0 Å². The first-order valence-corrected chi connectivity index (χ1v) is 10.0. The molecule has 0 radical (unpaired) electrons. The van der Waals surface area contributed by atoms with Gasteiger partial charge in [0.15, 0.2) is 0 Å². The number of carbonyl (C=O) groups excluding carboxylic acids is 3. The number of aromatic hydroxyl groups is 1. The number of hydrogen-bond donors (Lipinski definition) is 6. The number of carboxylic acid groups (broad SMARTS) is 1. The number of phenolic OH excluding ortho intramolecular Hbond substituents is 1. The molecule has 11 nitrogen and oxygen atoms in total. The highest BCUT2D eigenvalue weighted by Gasteiger charge is 2.27. The van der Waals surface area contributed by atoms with Gasteiger partial charge in [-0.2, -0.15) is 0 Å². The Morgan fingerprint density at radius 3 is 2.31 bits per heavy atom. The van der Waals surface area contributed by atoms with Crippen LogP contribution in [0, 0.1) is 5.92 Å². The summed E-state index contributed by atoms with van der Waals surface area (Å²) >= 11 is 0. The first-order valence-electron chi connectivity index (χ1n) is 10.0. The van der Waals surface area contributed by atoms with Crippen LogP contribution in [0.1, 0.15) is 36.3 Å². The van der Waals surface area contributed by atoms with Crippen LogP contribution in [-0.4, -0.2) is 62.5 Å². The van der Waals surface area contributed by atoms with Crippen molar-refractivity contribution in [3.63, 3.8) is 0 Å². The van der Waals surface area contributed by atoms with Crippen LogP contribution < -0.4 is 16.0 Å². The molecule has 11 heteroatoms. The van der Waals surface area contributed by atoms with Crippen molar-refractivity contribution in [2.75, 3.05) is 6.54 Å². The van der Waals surface area contributed by atoms with Crippen LogP contribution in [0.3, 0.4) is 0 Å². The lowest BCUT2D eigenvalue weighted by molar-refractivity contribution is -0.142. The molecule has 2 atom stereocenters. The maximum absolute atomic E-state index is 12.8. The number of nitrogens with zero attached hydrogens (tertiary/aromatic N) is 1. The van der Waals surface area contributed by atoms with Crippen molar-refractivity contribution in [3.05, 3.63) is 48.0 Å². The Hall–Kier alpha value is -3.89. The van der Waals surface area contributed by atoms with E-state index < -0.39 is 42.3 Å². The van der Waals surface area contributed by atoms with Gasteiger partial charge in [-0.3, -0.25) is 14.4 Å². The first-order chi connectivity index (χ1) is 15.2. The number of carboxylic acids is 1. The van der Waals surface area contributed by atoms with Gasteiger partial charge in [0.05, 0.1) is 12.9 Å². The van der Waals surface area contributed by atoms with E-state index in [1.54, 1.807) is 0 Å². The van der Waals surface area contributed by atoms with Gasteiger partial charge < -0.3 is 31.1 Å². The zero-order valence-electron chi connectivity index (χ0n) is 17.8. The average molecular weight is 445 g/mol. The standard InChI is InChI=1S/C21H27N5O6/c1-12(2)7-17(21(31)32)26-20(30)16(8-14-9-22-11-24-14)25-18(28)10-23-19(29)13-3-5-15(27)6-4-13/h3-6,9,11-12,16-17,27H,7-8,10H2,1-2H3,(H,22,24)(H,23,29)(H,25,28)(H,26,30)(H,31,32)/t16-,17-/m1/s1. The molecule has 0 spiro atoms. The summed E-state index contributed by atoms with van der Waals surface area (Å²) < 4.78 is 0. The molecule has 1 heterocycles. The van der Waals surface area contributed by atoms with E-state index in [1.807, 2.05) is 13.8 Å². The Bertz CT molecular complexity index is 927. The summed E-state index contributed by atoms with van der Waals surface area (Å²) in [5, 5.41) is 26.1. The molecule has 2 rings (SSSR count). The highest BCUT2D eigenvalue weighted by molar-refractivity contribution is 5.97. The molecule has 0 aliphatic heterocycles. The smallest absolute Gasteiger partial charge is 0.326 e. The van der Waals surface area contributed by atoms with E-state index in [2.05, 4.69) is 25.9 Å². The zero-order chi connectivity index (χ0) is 23.7. The number of carbonyl (C=O) groups is 4. The van der Waals surface area contributed by atoms with Crippen molar-refractivity contribution < 1.29 is 29.4 Å². The summed E-state index contributed by atoms with van der Waals surface area (Å²) in [6.07, 6.45) is 3.19. The minimum Gasteiger partial charge on any atom is -0.508 e. The van der Waals surface area contributed by atoms with Crippen molar-refractivity contribution in [3.8, 4) is 5.75 Å². The minimum atomic E-state index is -1.17. The number of hydrogen-bond acceptors (Lipinski definition) is 6. The number of imidazole rings is 1. The van der Waals surface area contributed by atoms with Crippen molar-refractivity contribution >= 4 is 23.7 Å². The molecule has 1 aromatic carbocycles. The fourth-order valence-corrected chi connectivity index (χ4v) is 2.91. The van der Waals surface area contributed by atoms with Crippen LogP contribution in [0.5, 0.6) is 5.75 Å². The molecule has 32 heavy (non-hydrogen) atoms. The second-order valence-electron chi connectivity index (χ2n) is 7.66. The predicted octanol–water partition coefficient (Wildman–Crippen LogP) is 0.188. The molecule has 2 aromatic rings. The van der Waals surface area contributed by atoms with Gasteiger partial charge in [-0.05, 0) is 36.6 Å². The molecule has 0 bridgehead atoms. The number of phenols is 1. The summed E-state index contributed by atoms with van der Waals surface area (Å²) in [5.41, 5.74) is 0.814. The summed E-state index contributed by atoms with van der Waals surface area (Å²) in [6.45, 7) is 3.27. The SMILES string of the molecule is CC(C)C[C@@H](NC(=O)[C@@H](Cc1cnc[nH]1)NC(=O)CNC(=O)c1ccc(O)cc1)C(=O)O. The quantitative estimate of drug-likeness (QED) is 0.286. The summed E-state index contributed by atoms with van der Waals surface area (Å²) in [5.74, 6) is -2.95. The third-order valence-corrected chi connectivity index (χ3v) is 4.49. The minimum absolute atomic E-state index is 0.00378. The first kappa shape index (κ1) is 24.4. The molecule has 172 valence electrons. The van der Waals surface area contributed by atoms with Crippen LogP contribution in [0.25, 0.3) is 0 Å². The lowest BCUT2D eigenvalue weighted by Gasteiger charge is -2.22. The molecular formula is C21H27N5O6. The fourth-order valence-electron chi connectivity index (χ4n) is 2.91. The number of amides is 3. The molecule has 0 unspecified atom stereocenters. The number of aromatic amines is 1. The molecule has 1 aromatic heterocycles. The summed E-state index contributed by atoms with van der Waals surface area (Å²) in [6, 6.07) is 3.31. The van der Waals surface area contributed by atoms with Crippen LogP contribution in [-0.2, 0) is 20.8 Å². The van der Waals surface area contributed by atoms with E-state index in [1.165, 1.54) is 36.8 Å². The number of rotatable bonds is 11. The van der Waals surface area contributed by atoms with Gasteiger partial charge in [0.1, 0.15) is 17.8 Å². The van der Waals surface area contributed by atoms with Gasteiger partial charge in [0.2, 0.25) is 11.8 Å². The molecule has 0 saturated carbocycles. The molecule has 0 saturated heterocycles. The number of aliphatic carboxylic acids is 1. The van der Waals surface area contributed by atoms with E-state index in [0.29, 0.717) is 5.69 Å². The van der Waals surface area contributed by atoms with Crippen molar-refractivity contribution in [2.24, 2.45) is 5.92 Å². The highest BCUT2D eigenvalue weighted by Crippen LogP contribution is 2.09. The summed E-state index contributed by atoms with van der Waals surface area (Å²) in [7, 11) is 0. The maximum Gasteiger partial charge on any atom is 0.326 e. The van der Waals surface area contributed by atoms with Crippen molar-refractivity contribution in [1.29, 1.82) is 0 Å². The lowest BCUT2D eigenvalue weighted by Crippen LogP contribution is -2.54. The Balaban J connectivity index is 2.01. The van der Waals surface area contributed by atoms with Crippen LogP contribution >= 0.6 is 0 Å². The van der Waals surface area contributed by atoms with Gasteiger partial charge >= 0.3 is 5.97 Å². The Kier molecular flexibility index (Phi) is 8.75. The van der Waals surface area contributed by atoms with E-state index in [-0.39, 0.29) is 30.1 Å². The van der Waals surface area contributed by atoms with Gasteiger partial charge in [0.25, 0.3) is 5.91 Å². The fraction of sp³-hybridized carbons (Fsp3) is 0.381. The number of benzene rings is 1. The number of aromatic nitrogens is 2. The molecule has 0 aliphatic rings. The van der Waals surface area contributed by atoms with Crippen LogP contribution in [0.15, 0.2) is 36.8 Å². The molecule has 0 fully saturated rings. The largest absolute Gasteiger partial charge is 0.508 e. The summed E-state index contributed by atoms with van der Waals surface area (Å²) in [4.78, 5) is 55.5. The second kappa shape index (κ2) is 11.5. The monoisotopic (exact) mass is 445 g/mol.